The first kappa shape index (κ1) is 17.8. The number of hydrogen-bond acceptors (Lipinski definition) is 1. The molecule has 0 saturated heterocycles. The van der Waals surface area contributed by atoms with Crippen molar-refractivity contribution in [1.82, 2.24) is 0 Å². The zero-order valence-corrected chi connectivity index (χ0v) is 13.7. The van der Waals surface area contributed by atoms with E-state index in [0.29, 0.717) is 6.61 Å². The van der Waals surface area contributed by atoms with Crippen LogP contribution in [0.5, 0.6) is 0 Å². The van der Waals surface area contributed by atoms with Gasteiger partial charge in [-0.1, -0.05) is 69.9 Å². The van der Waals surface area contributed by atoms with Gasteiger partial charge in [0.1, 0.15) is 0 Å². The van der Waals surface area contributed by atoms with E-state index in [2.05, 4.69) is 13.0 Å². The maximum Gasteiger partial charge on any atom is 0.0431 e. The summed E-state index contributed by atoms with van der Waals surface area (Å²) in [4.78, 5) is 0. The lowest BCUT2D eigenvalue weighted by Gasteiger charge is -2.20. The van der Waals surface area contributed by atoms with Crippen LogP contribution in [0, 0.1) is 5.92 Å². The monoisotopic (exact) mass is 280 g/mol. The quantitative estimate of drug-likeness (QED) is 0.342. The Morgan fingerprint density at radius 1 is 0.900 bits per heavy atom. The molecule has 0 aromatic carbocycles. The number of aliphatic hydroxyl groups excluding tert-OH is 1. The average Bonchev–Trinajstić information content (AvgIpc) is 2.46. The molecular formula is C19H36O. The molecule has 0 spiro atoms. The maximum absolute atomic E-state index is 8.70. The van der Waals surface area contributed by atoms with Crippen LogP contribution in [-0.2, 0) is 0 Å². The molecule has 1 aliphatic carbocycles. The van der Waals surface area contributed by atoms with Gasteiger partial charge in [0, 0.05) is 6.61 Å². The summed E-state index contributed by atoms with van der Waals surface area (Å²) in [5, 5.41) is 8.70. The van der Waals surface area contributed by atoms with Crippen molar-refractivity contribution in [2.75, 3.05) is 6.61 Å². The Labute approximate surface area is 126 Å². The molecule has 0 bridgehead atoms. The average molecular weight is 280 g/mol. The minimum Gasteiger partial charge on any atom is -0.396 e. The van der Waals surface area contributed by atoms with Gasteiger partial charge in [-0.3, -0.25) is 0 Å². The van der Waals surface area contributed by atoms with E-state index in [9.17, 15) is 0 Å². The van der Waals surface area contributed by atoms with Crippen LogP contribution in [0.2, 0.25) is 0 Å². The Morgan fingerprint density at radius 2 is 1.45 bits per heavy atom. The van der Waals surface area contributed by atoms with E-state index in [1.165, 1.54) is 83.5 Å². The molecule has 0 aliphatic heterocycles. The Bertz CT molecular complexity index is 244. The van der Waals surface area contributed by atoms with Crippen LogP contribution in [0.25, 0.3) is 0 Å². The van der Waals surface area contributed by atoms with Crippen LogP contribution in [0.4, 0.5) is 0 Å². The summed E-state index contributed by atoms with van der Waals surface area (Å²) in [6, 6.07) is 0. The summed E-state index contributed by atoms with van der Waals surface area (Å²) >= 11 is 0. The van der Waals surface area contributed by atoms with Crippen molar-refractivity contribution in [3.8, 4) is 0 Å². The number of hydrogen-bond donors (Lipinski definition) is 1. The fourth-order valence-corrected chi connectivity index (χ4v) is 3.30. The lowest BCUT2D eigenvalue weighted by atomic mass is 9.86. The van der Waals surface area contributed by atoms with Gasteiger partial charge in [0.15, 0.2) is 0 Å². The van der Waals surface area contributed by atoms with E-state index in [4.69, 9.17) is 5.11 Å². The van der Waals surface area contributed by atoms with Crippen molar-refractivity contribution in [3.05, 3.63) is 11.6 Å². The molecule has 0 heterocycles. The van der Waals surface area contributed by atoms with Crippen LogP contribution in [0.1, 0.15) is 96.8 Å². The van der Waals surface area contributed by atoms with Crippen LogP contribution in [-0.4, -0.2) is 11.7 Å². The molecule has 1 N–H and O–H groups in total. The lowest BCUT2D eigenvalue weighted by Crippen LogP contribution is -2.04. The summed E-state index contributed by atoms with van der Waals surface area (Å²) in [6.07, 6.45) is 21.4. The van der Waals surface area contributed by atoms with Gasteiger partial charge in [0.25, 0.3) is 0 Å². The Hall–Kier alpha value is -0.300. The fourth-order valence-electron chi connectivity index (χ4n) is 3.30. The van der Waals surface area contributed by atoms with Crippen molar-refractivity contribution in [1.29, 1.82) is 0 Å². The van der Waals surface area contributed by atoms with Crippen LogP contribution in [0.3, 0.4) is 0 Å². The molecule has 0 aromatic heterocycles. The van der Waals surface area contributed by atoms with Gasteiger partial charge >= 0.3 is 0 Å². The molecule has 0 saturated carbocycles. The fraction of sp³-hybridized carbons (Fsp3) is 0.895. The van der Waals surface area contributed by atoms with Gasteiger partial charge in [-0.15, -0.1) is 0 Å². The molecule has 1 unspecified atom stereocenters. The van der Waals surface area contributed by atoms with Gasteiger partial charge < -0.3 is 5.11 Å². The van der Waals surface area contributed by atoms with Crippen molar-refractivity contribution in [2.45, 2.75) is 96.8 Å². The van der Waals surface area contributed by atoms with Crippen LogP contribution in [0.15, 0.2) is 11.6 Å². The molecular weight excluding hydrogens is 244 g/mol. The predicted octanol–water partition coefficient (Wildman–Crippen LogP) is 6.02. The van der Waals surface area contributed by atoms with Gasteiger partial charge in [-0.25, -0.2) is 0 Å². The third-order valence-corrected chi connectivity index (χ3v) is 4.75. The standard InChI is InChI=1S/C19H36O/c1-18-14-11-12-16-19(18)15-10-8-6-4-2-3-5-7-9-13-17-20/h16,18,20H,2-15,17H2,1H3. The highest BCUT2D eigenvalue weighted by molar-refractivity contribution is 5.08. The second-order valence-corrected chi connectivity index (χ2v) is 6.62. The molecule has 1 heteroatoms. The molecule has 20 heavy (non-hydrogen) atoms. The minimum absolute atomic E-state index is 0.370. The third-order valence-electron chi connectivity index (χ3n) is 4.75. The van der Waals surface area contributed by atoms with Gasteiger partial charge in [-0.2, -0.15) is 0 Å². The van der Waals surface area contributed by atoms with E-state index in [-0.39, 0.29) is 0 Å². The minimum atomic E-state index is 0.370. The topological polar surface area (TPSA) is 20.2 Å². The van der Waals surface area contributed by atoms with Crippen LogP contribution >= 0.6 is 0 Å². The molecule has 0 fully saturated rings. The summed E-state index contributed by atoms with van der Waals surface area (Å²) in [6.45, 7) is 2.77. The first-order chi connectivity index (χ1) is 9.84. The molecule has 0 amide bonds. The molecule has 0 aromatic rings. The van der Waals surface area contributed by atoms with Crippen LogP contribution < -0.4 is 0 Å². The van der Waals surface area contributed by atoms with E-state index < -0.39 is 0 Å². The second kappa shape index (κ2) is 12.4. The number of unbranched alkanes of at least 4 members (excludes halogenated alkanes) is 9. The van der Waals surface area contributed by atoms with E-state index in [1.807, 2.05) is 0 Å². The summed E-state index contributed by atoms with van der Waals surface area (Å²) in [5.74, 6) is 0.864. The van der Waals surface area contributed by atoms with Gasteiger partial charge in [-0.05, 0) is 44.4 Å². The number of rotatable bonds is 12. The Kier molecular flexibility index (Phi) is 11.0. The molecule has 0 radical (unpaired) electrons. The predicted molar refractivity (Wildman–Crippen MR) is 89.0 cm³/mol. The highest BCUT2D eigenvalue weighted by atomic mass is 16.2. The SMILES string of the molecule is CC1CCCC=C1CCCCCCCCCCCCO. The molecule has 1 rings (SSSR count). The van der Waals surface area contributed by atoms with Crippen molar-refractivity contribution < 1.29 is 5.11 Å². The summed E-state index contributed by atoms with van der Waals surface area (Å²) < 4.78 is 0. The smallest absolute Gasteiger partial charge is 0.0431 e. The first-order valence-corrected chi connectivity index (χ1v) is 9.14. The van der Waals surface area contributed by atoms with E-state index in [0.717, 1.165) is 12.3 Å². The van der Waals surface area contributed by atoms with Crippen molar-refractivity contribution in [3.63, 3.8) is 0 Å². The maximum atomic E-state index is 8.70. The zero-order chi connectivity index (χ0) is 14.5. The summed E-state index contributed by atoms with van der Waals surface area (Å²) in [7, 11) is 0. The molecule has 1 atom stereocenters. The number of aliphatic hydroxyl groups is 1. The van der Waals surface area contributed by atoms with Gasteiger partial charge in [0.2, 0.25) is 0 Å². The Balaban J connectivity index is 1.82. The highest BCUT2D eigenvalue weighted by Crippen LogP contribution is 2.28. The zero-order valence-electron chi connectivity index (χ0n) is 13.7. The third kappa shape index (κ3) is 8.79. The first-order valence-electron chi connectivity index (χ1n) is 9.14. The van der Waals surface area contributed by atoms with Gasteiger partial charge in [0.05, 0.1) is 0 Å². The normalized spacial score (nSPS) is 19.1. The lowest BCUT2D eigenvalue weighted by molar-refractivity contribution is 0.282. The largest absolute Gasteiger partial charge is 0.396 e. The molecule has 1 nitrogen and oxygen atoms in total. The van der Waals surface area contributed by atoms with E-state index >= 15 is 0 Å². The number of allylic oxidation sites excluding steroid dienone is 2. The summed E-state index contributed by atoms with van der Waals surface area (Å²) in [5.41, 5.74) is 1.75. The highest BCUT2D eigenvalue weighted by Gasteiger charge is 2.11. The van der Waals surface area contributed by atoms with Crippen molar-refractivity contribution >= 4 is 0 Å². The van der Waals surface area contributed by atoms with Crippen molar-refractivity contribution in [2.24, 2.45) is 5.92 Å². The molecule has 1 aliphatic rings. The second-order valence-electron chi connectivity index (χ2n) is 6.62. The van der Waals surface area contributed by atoms with E-state index in [1.54, 1.807) is 5.57 Å². The molecule has 118 valence electrons. The Morgan fingerprint density at radius 3 is 2.00 bits per heavy atom.